The van der Waals surface area contributed by atoms with E-state index in [9.17, 15) is 8.42 Å². The summed E-state index contributed by atoms with van der Waals surface area (Å²) in [6.07, 6.45) is 2.22. The van der Waals surface area contributed by atoms with Crippen LogP contribution in [0.15, 0.2) is 29.2 Å². The standard InChI is InChI=1S/C12H16N2O2S2/c1-14(8-9-6-7-9)18(15,16)11-5-3-2-4-10(11)12(13)17/h2-5,9H,6-8H2,1H3,(H2,13,17). The van der Waals surface area contributed by atoms with E-state index in [2.05, 4.69) is 0 Å². The maximum atomic E-state index is 12.4. The third-order valence-corrected chi connectivity index (χ3v) is 5.15. The summed E-state index contributed by atoms with van der Waals surface area (Å²) < 4.78 is 26.3. The van der Waals surface area contributed by atoms with Gasteiger partial charge in [-0.25, -0.2) is 12.7 Å². The predicted molar refractivity (Wildman–Crippen MR) is 74.9 cm³/mol. The van der Waals surface area contributed by atoms with Gasteiger partial charge < -0.3 is 5.73 Å². The minimum atomic E-state index is -3.50. The molecule has 4 nitrogen and oxygen atoms in total. The van der Waals surface area contributed by atoms with E-state index in [0.717, 1.165) is 12.8 Å². The van der Waals surface area contributed by atoms with Gasteiger partial charge in [0.2, 0.25) is 10.0 Å². The summed E-state index contributed by atoms with van der Waals surface area (Å²) in [7, 11) is -1.90. The highest BCUT2D eigenvalue weighted by molar-refractivity contribution is 7.89. The molecule has 0 aliphatic heterocycles. The Morgan fingerprint density at radius 1 is 1.44 bits per heavy atom. The normalized spacial score (nSPS) is 15.9. The van der Waals surface area contributed by atoms with Crippen LogP contribution in [0.3, 0.4) is 0 Å². The number of nitrogens with zero attached hydrogens (tertiary/aromatic N) is 1. The molecular formula is C12H16N2O2S2. The van der Waals surface area contributed by atoms with Crippen LogP contribution < -0.4 is 5.73 Å². The molecule has 0 amide bonds. The zero-order chi connectivity index (χ0) is 13.3. The SMILES string of the molecule is CN(CC1CC1)S(=O)(=O)c1ccccc1C(N)=S. The van der Waals surface area contributed by atoms with Gasteiger partial charge in [0.25, 0.3) is 0 Å². The number of sulfonamides is 1. The molecule has 1 aliphatic rings. The van der Waals surface area contributed by atoms with Gasteiger partial charge in [0.1, 0.15) is 4.99 Å². The number of benzene rings is 1. The molecule has 1 aromatic rings. The van der Waals surface area contributed by atoms with Gasteiger partial charge >= 0.3 is 0 Å². The van der Waals surface area contributed by atoms with Gasteiger partial charge in [0.05, 0.1) is 4.90 Å². The molecule has 0 aromatic heterocycles. The second kappa shape index (κ2) is 4.95. The Labute approximate surface area is 113 Å². The summed E-state index contributed by atoms with van der Waals surface area (Å²) in [5.74, 6) is 0.502. The highest BCUT2D eigenvalue weighted by Crippen LogP contribution is 2.31. The first-order chi connectivity index (χ1) is 8.43. The first-order valence-electron chi connectivity index (χ1n) is 5.78. The molecule has 18 heavy (non-hydrogen) atoms. The van der Waals surface area contributed by atoms with Crippen LogP contribution in [-0.2, 0) is 10.0 Å². The van der Waals surface area contributed by atoms with Crippen molar-refractivity contribution in [3.05, 3.63) is 29.8 Å². The zero-order valence-corrected chi connectivity index (χ0v) is 11.8. The Morgan fingerprint density at radius 2 is 2.06 bits per heavy atom. The molecule has 0 atom stereocenters. The van der Waals surface area contributed by atoms with Crippen molar-refractivity contribution in [3.8, 4) is 0 Å². The summed E-state index contributed by atoms with van der Waals surface area (Å²) in [5.41, 5.74) is 5.99. The van der Waals surface area contributed by atoms with Crippen molar-refractivity contribution in [1.29, 1.82) is 0 Å². The topological polar surface area (TPSA) is 63.4 Å². The van der Waals surface area contributed by atoms with Crippen molar-refractivity contribution in [2.45, 2.75) is 17.7 Å². The van der Waals surface area contributed by atoms with Crippen molar-refractivity contribution in [3.63, 3.8) is 0 Å². The van der Waals surface area contributed by atoms with E-state index >= 15 is 0 Å². The van der Waals surface area contributed by atoms with Gasteiger partial charge in [0.15, 0.2) is 0 Å². The third-order valence-electron chi connectivity index (χ3n) is 3.05. The smallest absolute Gasteiger partial charge is 0.243 e. The zero-order valence-electron chi connectivity index (χ0n) is 10.2. The Kier molecular flexibility index (Phi) is 3.70. The fraction of sp³-hybridized carbons (Fsp3) is 0.417. The summed E-state index contributed by atoms with van der Waals surface area (Å²) in [6.45, 7) is 0.563. The van der Waals surface area contributed by atoms with Crippen molar-refractivity contribution < 1.29 is 8.42 Å². The first-order valence-corrected chi connectivity index (χ1v) is 7.63. The van der Waals surface area contributed by atoms with Gasteiger partial charge in [0, 0.05) is 19.2 Å². The van der Waals surface area contributed by atoms with Gasteiger partial charge in [-0.15, -0.1) is 0 Å². The number of hydrogen-bond donors (Lipinski definition) is 1. The molecular weight excluding hydrogens is 268 g/mol. The molecule has 6 heteroatoms. The number of hydrogen-bond acceptors (Lipinski definition) is 3. The van der Waals surface area contributed by atoms with Crippen LogP contribution in [0.2, 0.25) is 0 Å². The van der Waals surface area contributed by atoms with Crippen LogP contribution in [-0.4, -0.2) is 31.3 Å². The summed E-state index contributed by atoms with van der Waals surface area (Å²) >= 11 is 4.90. The molecule has 0 radical (unpaired) electrons. The van der Waals surface area contributed by atoms with E-state index in [0.29, 0.717) is 18.0 Å². The number of thiocarbonyl (C=S) groups is 1. The van der Waals surface area contributed by atoms with E-state index in [1.807, 2.05) is 0 Å². The van der Waals surface area contributed by atoms with E-state index in [1.165, 1.54) is 4.31 Å². The molecule has 98 valence electrons. The molecule has 2 rings (SSSR count). The van der Waals surface area contributed by atoms with Crippen LogP contribution in [0.5, 0.6) is 0 Å². The third kappa shape index (κ3) is 2.71. The Bertz CT molecular complexity index is 565. The second-order valence-electron chi connectivity index (χ2n) is 4.59. The van der Waals surface area contributed by atoms with Gasteiger partial charge in [-0.2, -0.15) is 0 Å². The minimum absolute atomic E-state index is 0.106. The van der Waals surface area contributed by atoms with E-state index < -0.39 is 10.0 Å². The van der Waals surface area contributed by atoms with E-state index in [1.54, 1.807) is 31.3 Å². The quantitative estimate of drug-likeness (QED) is 0.829. The van der Waals surface area contributed by atoms with Gasteiger partial charge in [-0.05, 0) is 24.8 Å². The first kappa shape index (κ1) is 13.5. The van der Waals surface area contributed by atoms with Gasteiger partial charge in [-0.1, -0.05) is 30.4 Å². The molecule has 2 N–H and O–H groups in total. The molecule has 1 aromatic carbocycles. The molecule has 1 aliphatic carbocycles. The van der Waals surface area contributed by atoms with Crippen molar-refractivity contribution in [2.75, 3.05) is 13.6 Å². The highest BCUT2D eigenvalue weighted by atomic mass is 32.2. The monoisotopic (exact) mass is 284 g/mol. The molecule has 0 heterocycles. The molecule has 0 saturated heterocycles. The maximum Gasteiger partial charge on any atom is 0.243 e. The maximum absolute atomic E-state index is 12.4. The lowest BCUT2D eigenvalue weighted by atomic mass is 10.2. The van der Waals surface area contributed by atoms with Crippen LogP contribution >= 0.6 is 12.2 Å². The highest BCUT2D eigenvalue weighted by Gasteiger charge is 2.30. The van der Waals surface area contributed by atoms with Crippen LogP contribution in [0.4, 0.5) is 0 Å². The lowest BCUT2D eigenvalue weighted by Crippen LogP contribution is -2.30. The predicted octanol–water partition coefficient (Wildman–Crippen LogP) is 1.35. The van der Waals surface area contributed by atoms with Crippen molar-refractivity contribution in [1.82, 2.24) is 4.31 Å². The number of rotatable bonds is 5. The average Bonchev–Trinajstić information content (AvgIpc) is 3.12. The summed E-state index contributed by atoms with van der Waals surface area (Å²) in [5, 5.41) is 0. The fourth-order valence-electron chi connectivity index (χ4n) is 1.83. The Balaban J connectivity index is 2.36. The molecule has 1 saturated carbocycles. The van der Waals surface area contributed by atoms with E-state index in [4.69, 9.17) is 18.0 Å². The molecule has 0 unspecified atom stereocenters. The van der Waals surface area contributed by atoms with Crippen LogP contribution in [0.25, 0.3) is 0 Å². The van der Waals surface area contributed by atoms with Crippen LogP contribution in [0.1, 0.15) is 18.4 Å². The molecule has 0 spiro atoms. The number of nitrogens with two attached hydrogens (primary N) is 1. The largest absolute Gasteiger partial charge is 0.389 e. The second-order valence-corrected chi connectivity index (χ2v) is 7.04. The Hall–Kier alpha value is -0.980. The minimum Gasteiger partial charge on any atom is -0.389 e. The molecule has 0 bridgehead atoms. The van der Waals surface area contributed by atoms with E-state index in [-0.39, 0.29) is 9.88 Å². The van der Waals surface area contributed by atoms with Crippen molar-refractivity contribution >= 4 is 27.2 Å². The summed E-state index contributed by atoms with van der Waals surface area (Å²) in [6, 6.07) is 6.60. The molecule has 1 fully saturated rings. The fourth-order valence-corrected chi connectivity index (χ4v) is 3.52. The lowest BCUT2D eigenvalue weighted by Gasteiger charge is -2.18. The average molecular weight is 284 g/mol. The lowest BCUT2D eigenvalue weighted by molar-refractivity contribution is 0.453. The van der Waals surface area contributed by atoms with Crippen molar-refractivity contribution in [2.24, 2.45) is 11.7 Å². The summed E-state index contributed by atoms with van der Waals surface area (Å²) in [4.78, 5) is 0.301. The van der Waals surface area contributed by atoms with Gasteiger partial charge in [-0.3, -0.25) is 0 Å². The Morgan fingerprint density at radius 3 is 2.61 bits per heavy atom. The van der Waals surface area contributed by atoms with Crippen LogP contribution in [0, 0.1) is 5.92 Å².